The SMILES string of the molecule is Cc1cc(CN(C)C)c(O)c2c1C1CCCCC1C2=O. The van der Waals surface area contributed by atoms with Gasteiger partial charge in [-0.05, 0) is 50.9 Å². The van der Waals surface area contributed by atoms with Crippen molar-refractivity contribution in [3.63, 3.8) is 0 Å². The maximum absolute atomic E-state index is 12.7. The number of hydrogen-bond donors (Lipinski definition) is 1. The molecule has 0 spiro atoms. The zero-order chi connectivity index (χ0) is 14.4. The van der Waals surface area contributed by atoms with Gasteiger partial charge >= 0.3 is 0 Å². The van der Waals surface area contributed by atoms with E-state index < -0.39 is 0 Å². The van der Waals surface area contributed by atoms with Gasteiger partial charge in [-0.2, -0.15) is 0 Å². The molecule has 3 nitrogen and oxygen atoms in total. The molecule has 1 aromatic rings. The molecule has 3 heteroatoms. The smallest absolute Gasteiger partial charge is 0.170 e. The molecule has 0 radical (unpaired) electrons. The van der Waals surface area contributed by atoms with Crippen molar-refractivity contribution >= 4 is 5.78 Å². The lowest BCUT2D eigenvalue weighted by atomic mass is 9.78. The van der Waals surface area contributed by atoms with Crippen LogP contribution in [0.5, 0.6) is 5.75 Å². The van der Waals surface area contributed by atoms with Crippen molar-refractivity contribution in [2.45, 2.75) is 45.1 Å². The van der Waals surface area contributed by atoms with Crippen LogP contribution in [0.15, 0.2) is 6.07 Å². The molecule has 1 aromatic carbocycles. The van der Waals surface area contributed by atoms with E-state index in [1.165, 1.54) is 12.0 Å². The highest BCUT2D eigenvalue weighted by Crippen LogP contribution is 2.50. The zero-order valence-corrected chi connectivity index (χ0v) is 12.6. The third-order valence-corrected chi connectivity index (χ3v) is 4.83. The topological polar surface area (TPSA) is 40.5 Å². The van der Waals surface area contributed by atoms with Gasteiger partial charge in [-0.25, -0.2) is 0 Å². The van der Waals surface area contributed by atoms with E-state index in [2.05, 4.69) is 13.0 Å². The van der Waals surface area contributed by atoms with Gasteiger partial charge in [0.25, 0.3) is 0 Å². The molecular formula is C17H23NO2. The van der Waals surface area contributed by atoms with Gasteiger partial charge in [0.2, 0.25) is 0 Å². The second kappa shape index (κ2) is 4.88. The summed E-state index contributed by atoms with van der Waals surface area (Å²) in [5, 5.41) is 10.6. The number of ketones is 1. The normalized spacial score (nSPS) is 24.9. The molecule has 0 aliphatic heterocycles. The molecule has 0 heterocycles. The molecule has 0 amide bonds. The molecule has 108 valence electrons. The maximum atomic E-state index is 12.7. The lowest BCUT2D eigenvalue weighted by Crippen LogP contribution is -2.17. The van der Waals surface area contributed by atoms with E-state index in [9.17, 15) is 9.90 Å². The van der Waals surface area contributed by atoms with Crippen molar-refractivity contribution < 1.29 is 9.90 Å². The highest BCUT2D eigenvalue weighted by molar-refractivity contribution is 6.06. The third-order valence-electron chi connectivity index (χ3n) is 4.83. The van der Waals surface area contributed by atoms with Gasteiger partial charge in [-0.3, -0.25) is 4.79 Å². The van der Waals surface area contributed by atoms with Gasteiger partial charge in [0.15, 0.2) is 5.78 Å². The number of aryl methyl sites for hydroxylation is 1. The number of rotatable bonds is 2. The third kappa shape index (κ3) is 1.96. The van der Waals surface area contributed by atoms with E-state index in [1.807, 2.05) is 19.0 Å². The second-order valence-corrected chi connectivity index (χ2v) is 6.59. The Hall–Kier alpha value is -1.35. The van der Waals surface area contributed by atoms with Gasteiger partial charge in [-0.15, -0.1) is 0 Å². The fourth-order valence-electron chi connectivity index (χ4n) is 4.06. The Bertz CT molecular complexity index is 563. The summed E-state index contributed by atoms with van der Waals surface area (Å²) in [5.74, 6) is 0.896. The number of carbonyl (C=O) groups is 1. The van der Waals surface area contributed by atoms with Gasteiger partial charge in [-0.1, -0.05) is 18.9 Å². The molecule has 0 saturated heterocycles. The first-order valence-electron chi connectivity index (χ1n) is 7.55. The number of hydrogen-bond acceptors (Lipinski definition) is 3. The molecule has 1 saturated carbocycles. The van der Waals surface area contributed by atoms with Crippen molar-refractivity contribution in [3.05, 3.63) is 28.3 Å². The molecule has 0 bridgehead atoms. The van der Waals surface area contributed by atoms with Gasteiger partial charge in [0, 0.05) is 18.0 Å². The molecule has 3 rings (SSSR count). The van der Waals surface area contributed by atoms with Crippen LogP contribution in [0.25, 0.3) is 0 Å². The highest BCUT2D eigenvalue weighted by Gasteiger charge is 2.43. The Morgan fingerprint density at radius 1 is 1.25 bits per heavy atom. The van der Waals surface area contributed by atoms with E-state index in [0.29, 0.717) is 18.0 Å². The summed E-state index contributed by atoms with van der Waals surface area (Å²) in [5.41, 5.74) is 3.83. The van der Waals surface area contributed by atoms with Crippen LogP contribution in [-0.4, -0.2) is 29.9 Å². The molecular weight excluding hydrogens is 250 g/mol. The number of carbonyl (C=O) groups excluding carboxylic acids is 1. The predicted octanol–water partition coefficient (Wildman–Crippen LogP) is 3.23. The number of phenolic OH excluding ortho intramolecular Hbond substituents is 1. The van der Waals surface area contributed by atoms with Gasteiger partial charge < -0.3 is 10.0 Å². The fourth-order valence-corrected chi connectivity index (χ4v) is 4.06. The Kier molecular flexibility index (Phi) is 3.33. The minimum atomic E-state index is 0.123. The highest BCUT2D eigenvalue weighted by atomic mass is 16.3. The second-order valence-electron chi connectivity index (χ2n) is 6.59. The monoisotopic (exact) mass is 273 g/mol. The quantitative estimate of drug-likeness (QED) is 0.899. The Morgan fingerprint density at radius 3 is 2.55 bits per heavy atom. The van der Waals surface area contributed by atoms with Gasteiger partial charge in [0.05, 0.1) is 5.56 Å². The number of nitrogens with zero attached hydrogens (tertiary/aromatic N) is 1. The summed E-state index contributed by atoms with van der Waals surface area (Å²) in [7, 11) is 3.95. The zero-order valence-electron chi connectivity index (χ0n) is 12.6. The Balaban J connectivity index is 2.12. The summed E-state index contributed by atoms with van der Waals surface area (Å²) >= 11 is 0. The summed E-state index contributed by atoms with van der Waals surface area (Å²) in [6, 6.07) is 2.07. The van der Waals surface area contributed by atoms with Crippen LogP contribution >= 0.6 is 0 Å². The maximum Gasteiger partial charge on any atom is 0.170 e. The predicted molar refractivity (Wildman–Crippen MR) is 79.3 cm³/mol. The summed E-state index contributed by atoms with van der Waals surface area (Å²) in [4.78, 5) is 14.7. The van der Waals surface area contributed by atoms with E-state index in [4.69, 9.17) is 0 Å². The van der Waals surface area contributed by atoms with Crippen LogP contribution < -0.4 is 0 Å². The molecule has 2 atom stereocenters. The number of aromatic hydroxyl groups is 1. The molecule has 1 fully saturated rings. The van der Waals surface area contributed by atoms with Crippen LogP contribution in [0.1, 0.15) is 58.6 Å². The van der Waals surface area contributed by atoms with Gasteiger partial charge in [0.1, 0.15) is 5.75 Å². The number of fused-ring (bicyclic) bond motifs is 3. The largest absolute Gasteiger partial charge is 0.507 e. The summed E-state index contributed by atoms with van der Waals surface area (Å²) < 4.78 is 0. The number of Topliss-reactive ketones (excluding diaryl/α,β-unsaturated/α-hetero) is 1. The first-order valence-corrected chi connectivity index (χ1v) is 7.55. The Labute approximate surface area is 120 Å². The lowest BCUT2D eigenvalue weighted by molar-refractivity contribution is 0.0895. The number of phenols is 1. The number of benzene rings is 1. The summed E-state index contributed by atoms with van der Waals surface area (Å²) in [6.07, 6.45) is 4.43. The Morgan fingerprint density at radius 2 is 1.90 bits per heavy atom. The van der Waals surface area contributed by atoms with Crippen LogP contribution in [0.2, 0.25) is 0 Å². The minimum absolute atomic E-state index is 0.123. The molecule has 1 N–H and O–H groups in total. The van der Waals surface area contributed by atoms with Crippen LogP contribution in [0.4, 0.5) is 0 Å². The van der Waals surface area contributed by atoms with Crippen LogP contribution in [-0.2, 0) is 6.54 Å². The molecule has 2 unspecified atom stereocenters. The van der Waals surface area contributed by atoms with Crippen molar-refractivity contribution in [2.75, 3.05) is 14.1 Å². The average Bonchev–Trinajstić information content (AvgIpc) is 2.70. The van der Waals surface area contributed by atoms with E-state index in [0.717, 1.165) is 30.4 Å². The molecule has 2 aliphatic rings. The van der Waals surface area contributed by atoms with Crippen LogP contribution in [0.3, 0.4) is 0 Å². The van der Waals surface area contributed by atoms with Crippen molar-refractivity contribution in [1.29, 1.82) is 0 Å². The van der Waals surface area contributed by atoms with Crippen molar-refractivity contribution in [2.24, 2.45) is 5.92 Å². The van der Waals surface area contributed by atoms with E-state index >= 15 is 0 Å². The molecule has 20 heavy (non-hydrogen) atoms. The van der Waals surface area contributed by atoms with Crippen molar-refractivity contribution in [3.8, 4) is 5.75 Å². The van der Waals surface area contributed by atoms with E-state index in [1.54, 1.807) is 0 Å². The minimum Gasteiger partial charge on any atom is -0.507 e. The van der Waals surface area contributed by atoms with Crippen molar-refractivity contribution in [1.82, 2.24) is 4.90 Å². The fraction of sp³-hybridized carbons (Fsp3) is 0.588. The standard InChI is InChI=1S/C17H23NO2/c1-10-8-11(9-18(2)3)16(19)15-14(10)12-6-4-5-7-13(12)17(15)20/h8,12-13,19H,4-7,9H2,1-3H3. The van der Waals surface area contributed by atoms with E-state index in [-0.39, 0.29) is 17.5 Å². The summed E-state index contributed by atoms with van der Waals surface area (Å²) in [6.45, 7) is 2.75. The first-order chi connectivity index (χ1) is 9.50. The first kappa shape index (κ1) is 13.6. The molecule has 0 aromatic heterocycles. The lowest BCUT2D eigenvalue weighted by Gasteiger charge is -2.25. The average molecular weight is 273 g/mol. The van der Waals surface area contributed by atoms with Crippen LogP contribution in [0, 0.1) is 12.8 Å². The molecule has 2 aliphatic carbocycles.